The van der Waals surface area contributed by atoms with Crippen LogP contribution in [0.3, 0.4) is 0 Å². The van der Waals surface area contributed by atoms with Crippen LogP contribution in [0.2, 0.25) is 0 Å². The van der Waals surface area contributed by atoms with Crippen LogP contribution in [0.15, 0.2) is 16.3 Å². The summed E-state index contributed by atoms with van der Waals surface area (Å²) in [4.78, 5) is 25.1. The molecule has 1 N–H and O–H groups in total. The lowest BCUT2D eigenvalue weighted by atomic mass is 10.1. The van der Waals surface area contributed by atoms with Gasteiger partial charge in [-0.2, -0.15) is 4.31 Å². The maximum absolute atomic E-state index is 12.6. The molecule has 1 saturated heterocycles. The fourth-order valence-corrected chi connectivity index (χ4v) is 5.72. The van der Waals surface area contributed by atoms with E-state index in [1.165, 1.54) is 9.21 Å². The first kappa shape index (κ1) is 19.9. The van der Waals surface area contributed by atoms with Crippen LogP contribution < -0.4 is 0 Å². The second-order valence-electron chi connectivity index (χ2n) is 6.38. The molecule has 1 aliphatic heterocycles. The zero-order valence-electron chi connectivity index (χ0n) is 14.5. The molecule has 0 aromatic carbocycles. The minimum Gasteiger partial charge on any atom is -0.481 e. The molecule has 1 atom stereocenters. The maximum atomic E-state index is 12.6. The van der Waals surface area contributed by atoms with Gasteiger partial charge in [-0.3, -0.25) is 9.59 Å². The molecular formula is C16H24N2O5S2. The summed E-state index contributed by atoms with van der Waals surface area (Å²) in [6, 6.07) is 3.21. The highest BCUT2D eigenvalue weighted by atomic mass is 32.2. The summed E-state index contributed by atoms with van der Waals surface area (Å²) in [7, 11) is -1.92. The zero-order chi connectivity index (χ0) is 18.6. The number of likely N-dealkylation sites (N-methyl/N-ethyl adjacent to an activating group) is 1. The molecule has 9 heteroatoms. The second kappa shape index (κ2) is 8.29. The van der Waals surface area contributed by atoms with Crippen molar-refractivity contribution in [3.8, 4) is 0 Å². The van der Waals surface area contributed by atoms with Gasteiger partial charge in [0.25, 0.3) is 10.0 Å². The summed E-state index contributed by atoms with van der Waals surface area (Å²) in [5.74, 6) is -1.82. The number of nitrogens with zero attached hydrogens (tertiary/aromatic N) is 2. The van der Waals surface area contributed by atoms with E-state index in [9.17, 15) is 18.0 Å². The molecule has 7 nitrogen and oxygen atoms in total. The maximum Gasteiger partial charge on any atom is 0.308 e. The number of carboxylic acid groups (broad SMARTS) is 1. The Kier molecular flexibility index (Phi) is 6.59. The molecule has 25 heavy (non-hydrogen) atoms. The quantitative estimate of drug-likeness (QED) is 0.766. The van der Waals surface area contributed by atoms with Crippen molar-refractivity contribution in [1.82, 2.24) is 9.21 Å². The first-order valence-corrected chi connectivity index (χ1v) is 10.5. The van der Waals surface area contributed by atoms with Crippen LogP contribution in [0.1, 0.15) is 31.1 Å². The van der Waals surface area contributed by atoms with Crippen LogP contribution in [-0.4, -0.2) is 61.3 Å². The summed E-state index contributed by atoms with van der Waals surface area (Å²) in [5, 5.41) is 8.91. The summed E-state index contributed by atoms with van der Waals surface area (Å²) in [6.45, 7) is 2.76. The summed E-state index contributed by atoms with van der Waals surface area (Å²) >= 11 is 1.11. The molecule has 0 radical (unpaired) electrons. The Bertz CT molecular complexity index is 723. The molecule has 0 spiro atoms. The number of rotatable bonds is 7. The van der Waals surface area contributed by atoms with E-state index in [1.807, 2.05) is 0 Å². The molecule has 0 bridgehead atoms. The lowest BCUT2D eigenvalue weighted by Crippen LogP contribution is -2.35. The van der Waals surface area contributed by atoms with Gasteiger partial charge in [-0.15, -0.1) is 11.3 Å². The summed E-state index contributed by atoms with van der Waals surface area (Å²) in [6.07, 6.45) is 2.88. The number of sulfonamides is 1. The number of hydrogen-bond acceptors (Lipinski definition) is 5. The standard InChI is InChI=1S/C16H24N2O5S2/c1-12(16(20)21)11-17(2)14(19)10-13-6-7-15(24-13)25(22,23)18-8-4-3-5-9-18/h6-7,12H,3-5,8-11H2,1-2H3,(H,20,21). The highest BCUT2D eigenvalue weighted by molar-refractivity contribution is 7.91. The summed E-state index contributed by atoms with van der Waals surface area (Å²) < 4.78 is 27.0. The van der Waals surface area contributed by atoms with Crippen molar-refractivity contribution in [3.63, 3.8) is 0 Å². The van der Waals surface area contributed by atoms with Gasteiger partial charge in [0.15, 0.2) is 0 Å². The third-order valence-electron chi connectivity index (χ3n) is 4.27. The molecule has 2 rings (SSSR count). The molecule has 1 amide bonds. The van der Waals surface area contributed by atoms with Crippen molar-refractivity contribution in [2.45, 2.75) is 36.8 Å². The van der Waals surface area contributed by atoms with Crippen LogP contribution in [-0.2, 0) is 26.0 Å². The molecule has 1 unspecified atom stereocenters. The predicted molar refractivity (Wildman–Crippen MR) is 95.1 cm³/mol. The highest BCUT2D eigenvalue weighted by Gasteiger charge is 2.27. The highest BCUT2D eigenvalue weighted by Crippen LogP contribution is 2.27. The number of carbonyl (C=O) groups excluding carboxylic acids is 1. The van der Waals surface area contributed by atoms with Crippen LogP contribution in [0.4, 0.5) is 0 Å². The average molecular weight is 389 g/mol. The van der Waals surface area contributed by atoms with Crippen LogP contribution in [0.5, 0.6) is 0 Å². The third-order valence-corrected chi connectivity index (χ3v) is 7.72. The molecule has 0 aliphatic carbocycles. The molecular weight excluding hydrogens is 364 g/mol. The van der Waals surface area contributed by atoms with Crippen molar-refractivity contribution in [1.29, 1.82) is 0 Å². The van der Waals surface area contributed by atoms with E-state index < -0.39 is 21.9 Å². The van der Waals surface area contributed by atoms with Gasteiger partial charge in [0, 0.05) is 31.6 Å². The lowest BCUT2D eigenvalue weighted by Gasteiger charge is -2.25. The average Bonchev–Trinajstić information content (AvgIpc) is 3.04. The van der Waals surface area contributed by atoms with E-state index in [-0.39, 0.29) is 23.1 Å². The molecule has 140 valence electrons. The minimum absolute atomic E-state index is 0.0724. The van der Waals surface area contributed by atoms with Gasteiger partial charge in [-0.25, -0.2) is 8.42 Å². The normalized spacial score (nSPS) is 17.2. The van der Waals surface area contributed by atoms with Crippen LogP contribution in [0.25, 0.3) is 0 Å². The Hall–Kier alpha value is -1.45. The molecule has 1 aromatic heterocycles. The Morgan fingerprint density at radius 2 is 1.92 bits per heavy atom. The third kappa shape index (κ3) is 5.02. The van der Waals surface area contributed by atoms with Crippen LogP contribution in [0, 0.1) is 5.92 Å². The van der Waals surface area contributed by atoms with Gasteiger partial charge in [-0.05, 0) is 25.0 Å². The number of carboxylic acids is 1. The Morgan fingerprint density at radius 3 is 2.52 bits per heavy atom. The zero-order valence-corrected chi connectivity index (χ0v) is 16.1. The number of aliphatic carboxylic acids is 1. The molecule has 2 heterocycles. The van der Waals surface area contributed by atoms with E-state index in [1.54, 1.807) is 26.1 Å². The SMILES string of the molecule is CC(CN(C)C(=O)Cc1ccc(S(=O)(=O)N2CCCCC2)s1)C(=O)O. The molecule has 1 aromatic rings. The van der Waals surface area contributed by atoms with Crippen molar-refractivity contribution >= 4 is 33.2 Å². The predicted octanol–water partition coefficient (Wildman–Crippen LogP) is 1.64. The number of hydrogen-bond donors (Lipinski definition) is 1. The minimum atomic E-state index is -3.48. The van der Waals surface area contributed by atoms with Gasteiger partial charge in [0.05, 0.1) is 12.3 Å². The van der Waals surface area contributed by atoms with E-state index in [0.717, 1.165) is 30.6 Å². The van der Waals surface area contributed by atoms with Crippen molar-refractivity contribution in [2.75, 3.05) is 26.7 Å². The van der Waals surface area contributed by atoms with Crippen LogP contribution >= 0.6 is 11.3 Å². The monoisotopic (exact) mass is 388 g/mol. The smallest absolute Gasteiger partial charge is 0.308 e. The number of amides is 1. The van der Waals surface area contributed by atoms with E-state index in [0.29, 0.717) is 18.0 Å². The van der Waals surface area contributed by atoms with Crippen molar-refractivity contribution in [2.24, 2.45) is 5.92 Å². The number of carbonyl (C=O) groups is 2. The van der Waals surface area contributed by atoms with Gasteiger partial charge in [0.1, 0.15) is 4.21 Å². The second-order valence-corrected chi connectivity index (χ2v) is 9.71. The first-order chi connectivity index (χ1) is 11.7. The van der Waals surface area contributed by atoms with Crippen molar-refractivity contribution in [3.05, 3.63) is 17.0 Å². The van der Waals surface area contributed by atoms with E-state index in [4.69, 9.17) is 5.11 Å². The summed E-state index contributed by atoms with van der Waals surface area (Å²) in [5.41, 5.74) is 0. The number of thiophene rings is 1. The van der Waals surface area contributed by atoms with E-state index in [2.05, 4.69) is 0 Å². The molecule has 1 aliphatic rings. The van der Waals surface area contributed by atoms with E-state index >= 15 is 0 Å². The molecule has 0 saturated carbocycles. The first-order valence-electron chi connectivity index (χ1n) is 8.27. The Morgan fingerprint density at radius 1 is 1.28 bits per heavy atom. The topological polar surface area (TPSA) is 95.0 Å². The van der Waals surface area contributed by atoms with Gasteiger partial charge in [-0.1, -0.05) is 13.3 Å². The van der Waals surface area contributed by atoms with Gasteiger partial charge < -0.3 is 10.0 Å². The van der Waals surface area contributed by atoms with Crippen molar-refractivity contribution < 1.29 is 23.1 Å². The van der Waals surface area contributed by atoms with Gasteiger partial charge in [0.2, 0.25) is 5.91 Å². The lowest BCUT2D eigenvalue weighted by molar-refractivity contribution is -0.142. The Labute approximate surface area is 152 Å². The Balaban J connectivity index is 2.01. The fraction of sp³-hybridized carbons (Fsp3) is 0.625. The molecule has 1 fully saturated rings. The van der Waals surface area contributed by atoms with Gasteiger partial charge >= 0.3 is 5.97 Å². The number of piperidine rings is 1. The largest absolute Gasteiger partial charge is 0.481 e. The fourth-order valence-electron chi connectivity index (χ4n) is 2.70.